The van der Waals surface area contributed by atoms with Crippen molar-refractivity contribution in [3.8, 4) is 11.6 Å². The number of aromatic nitrogens is 1. The van der Waals surface area contributed by atoms with Gasteiger partial charge in [-0.2, -0.15) is 0 Å². The van der Waals surface area contributed by atoms with Crippen LogP contribution in [0.2, 0.25) is 0 Å². The Bertz CT molecular complexity index is 991. The summed E-state index contributed by atoms with van der Waals surface area (Å²) in [7, 11) is 0. The van der Waals surface area contributed by atoms with Gasteiger partial charge in [-0.15, -0.1) is 0 Å². The molecule has 3 aromatic rings. The maximum absolute atomic E-state index is 13.6. The number of carbonyl (C=O) groups is 1. The molecule has 1 N–H and O–H groups in total. The van der Waals surface area contributed by atoms with Crippen LogP contribution in [0.25, 0.3) is 6.08 Å². The highest BCUT2D eigenvalue weighted by Crippen LogP contribution is 2.23. The monoisotopic (exact) mass is 380 g/mol. The maximum atomic E-state index is 13.6. The van der Waals surface area contributed by atoms with E-state index in [1.807, 2.05) is 25.1 Å². The van der Waals surface area contributed by atoms with Gasteiger partial charge < -0.3 is 10.1 Å². The topological polar surface area (TPSA) is 51.2 Å². The average molecular weight is 380 g/mol. The molecular formula is C22H18F2N2O2. The fraction of sp³-hybridized carbons (Fsp3) is 0.0909. The normalized spacial score (nSPS) is 12.0. The number of amides is 1. The van der Waals surface area contributed by atoms with E-state index in [4.69, 9.17) is 4.74 Å². The van der Waals surface area contributed by atoms with E-state index in [0.717, 1.165) is 23.8 Å². The van der Waals surface area contributed by atoms with Crippen molar-refractivity contribution in [2.75, 3.05) is 0 Å². The van der Waals surface area contributed by atoms with Gasteiger partial charge in [-0.25, -0.2) is 13.8 Å². The third kappa shape index (κ3) is 5.23. The van der Waals surface area contributed by atoms with Crippen molar-refractivity contribution in [3.05, 3.63) is 95.7 Å². The van der Waals surface area contributed by atoms with Crippen LogP contribution in [-0.4, -0.2) is 10.9 Å². The van der Waals surface area contributed by atoms with Crippen molar-refractivity contribution in [2.45, 2.75) is 13.0 Å². The van der Waals surface area contributed by atoms with Gasteiger partial charge in [-0.1, -0.05) is 18.2 Å². The Labute approximate surface area is 161 Å². The molecule has 142 valence electrons. The lowest BCUT2D eigenvalue weighted by Gasteiger charge is -2.14. The summed E-state index contributed by atoms with van der Waals surface area (Å²) in [5, 5.41) is 2.78. The Balaban J connectivity index is 1.64. The molecule has 1 amide bonds. The molecule has 6 heteroatoms. The van der Waals surface area contributed by atoms with E-state index in [-0.39, 0.29) is 11.6 Å². The number of pyridine rings is 1. The fourth-order valence-corrected chi connectivity index (χ4v) is 2.53. The summed E-state index contributed by atoms with van der Waals surface area (Å²) in [5.74, 6) is -0.532. The van der Waals surface area contributed by atoms with Gasteiger partial charge in [0.05, 0.1) is 6.04 Å². The Morgan fingerprint density at radius 1 is 1.11 bits per heavy atom. The van der Waals surface area contributed by atoms with Gasteiger partial charge >= 0.3 is 0 Å². The molecule has 1 aromatic heterocycles. The highest BCUT2D eigenvalue weighted by molar-refractivity contribution is 5.92. The summed E-state index contributed by atoms with van der Waals surface area (Å²) in [6.07, 6.45) is 4.04. The number of nitrogens with zero attached hydrogens (tertiary/aromatic N) is 1. The summed E-state index contributed by atoms with van der Waals surface area (Å²) in [6, 6.07) is 15.4. The molecule has 0 radical (unpaired) electrons. The number of hydrogen-bond acceptors (Lipinski definition) is 3. The van der Waals surface area contributed by atoms with Gasteiger partial charge in [0.1, 0.15) is 17.4 Å². The molecule has 0 aliphatic rings. The SMILES string of the molecule is C[C@H](NC(=O)C=Cc1cc(F)ccc1F)c1cccc(Oc2ccccn2)c1. The second-order valence-corrected chi connectivity index (χ2v) is 6.07. The molecule has 0 aliphatic carbocycles. The van der Waals surface area contributed by atoms with Crippen molar-refractivity contribution in [1.29, 1.82) is 0 Å². The first-order valence-electron chi connectivity index (χ1n) is 8.64. The van der Waals surface area contributed by atoms with Crippen LogP contribution in [0.3, 0.4) is 0 Å². The molecule has 1 atom stereocenters. The summed E-state index contributed by atoms with van der Waals surface area (Å²) in [4.78, 5) is 16.2. The number of carbonyl (C=O) groups excluding carboxylic acids is 1. The largest absolute Gasteiger partial charge is 0.439 e. The second kappa shape index (κ2) is 8.90. The minimum Gasteiger partial charge on any atom is -0.439 e. The van der Waals surface area contributed by atoms with Gasteiger partial charge in [0.2, 0.25) is 11.8 Å². The highest BCUT2D eigenvalue weighted by Gasteiger charge is 2.10. The molecule has 0 saturated carbocycles. The lowest BCUT2D eigenvalue weighted by molar-refractivity contribution is -0.117. The van der Waals surface area contributed by atoms with Crippen LogP contribution >= 0.6 is 0 Å². The summed E-state index contributed by atoms with van der Waals surface area (Å²) < 4.78 is 32.5. The fourth-order valence-electron chi connectivity index (χ4n) is 2.53. The van der Waals surface area contributed by atoms with Gasteiger partial charge in [0.15, 0.2) is 0 Å². The molecule has 0 unspecified atom stereocenters. The number of benzene rings is 2. The summed E-state index contributed by atoms with van der Waals surface area (Å²) >= 11 is 0. The number of ether oxygens (including phenoxy) is 1. The molecule has 0 saturated heterocycles. The molecule has 1 heterocycles. The quantitative estimate of drug-likeness (QED) is 0.610. The zero-order valence-electron chi connectivity index (χ0n) is 15.1. The third-order valence-electron chi connectivity index (χ3n) is 3.95. The van der Waals surface area contributed by atoms with E-state index in [0.29, 0.717) is 11.6 Å². The Morgan fingerprint density at radius 3 is 2.75 bits per heavy atom. The summed E-state index contributed by atoms with van der Waals surface area (Å²) in [6.45, 7) is 1.81. The standard InChI is InChI=1S/C22H18F2N2O2/c1-15(26-21(27)11-8-17-13-18(23)9-10-20(17)24)16-5-4-6-19(14-16)28-22-7-2-3-12-25-22/h2-15H,1H3,(H,26,27)/t15-/m0/s1. The Kier molecular flexibility index (Phi) is 6.11. The first-order chi connectivity index (χ1) is 13.5. The van der Waals surface area contributed by atoms with Crippen molar-refractivity contribution in [3.63, 3.8) is 0 Å². The van der Waals surface area contributed by atoms with Crippen molar-refractivity contribution in [2.24, 2.45) is 0 Å². The van der Waals surface area contributed by atoms with Crippen molar-refractivity contribution in [1.82, 2.24) is 10.3 Å². The smallest absolute Gasteiger partial charge is 0.244 e. The zero-order valence-corrected chi connectivity index (χ0v) is 15.1. The molecule has 0 spiro atoms. The van der Waals surface area contributed by atoms with Crippen LogP contribution in [0.4, 0.5) is 8.78 Å². The van der Waals surface area contributed by atoms with E-state index in [1.54, 1.807) is 30.5 Å². The maximum Gasteiger partial charge on any atom is 0.244 e. The molecule has 0 bridgehead atoms. The Hall–Kier alpha value is -3.54. The molecule has 28 heavy (non-hydrogen) atoms. The number of halogens is 2. The third-order valence-corrected chi connectivity index (χ3v) is 3.95. The van der Waals surface area contributed by atoms with E-state index >= 15 is 0 Å². The molecular weight excluding hydrogens is 362 g/mol. The first kappa shape index (κ1) is 19.2. The van der Waals surface area contributed by atoms with Crippen molar-refractivity contribution >= 4 is 12.0 Å². The van der Waals surface area contributed by atoms with Gasteiger partial charge in [-0.3, -0.25) is 4.79 Å². The zero-order chi connectivity index (χ0) is 19.9. The molecule has 3 rings (SSSR count). The van der Waals surface area contributed by atoms with Crippen LogP contribution in [0, 0.1) is 11.6 Å². The predicted molar refractivity (Wildman–Crippen MR) is 103 cm³/mol. The molecule has 0 fully saturated rings. The molecule has 4 nitrogen and oxygen atoms in total. The van der Waals surface area contributed by atoms with E-state index in [2.05, 4.69) is 10.3 Å². The summed E-state index contributed by atoms with van der Waals surface area (Å²) in [5.41, 5.74) is 0.834. The van der Waals surface area contributed by atoms with E-state index in [1.165, 1.54) is 12.2 Å². The molecule has 2 aromatic carbocycles. The lowest BCUT2D eigenvalue weighted by Crippen LogP contribution is -2.24. The van der Waals surface area contributed by atoms with E-state index < -0.39 is 17.5 Å². The minimum atomic E-state index is -0.599. The van der Waals surface area contributed by atoms with Crippen LogP contribution in [0.5, 0.6) is 11.6 Å². The average Bonchev–Trinajstić information content (AvgIpc) is 2.69. The second-order valence-electron chi connectivity index (χ2n) is 6.07. The minimum absolute atomic E-state index is 0.00793. The number of rotatable bonds is 6. The van der Waals surface area contributed by atoms with Crippen LogP contribution in [-0.2, 0) is 4.79 Å². The van der Waals surface area contributed by atoms with E-state index in [9.17, 15) is 13.6 Å². The predicted octanol–water partition coefficient (Wildman–Crippen LogP) is 5.04. The van der Waals surface area contributed by atoms with Crippen LogP contribution in [0.15, 0.2) is 72.9 Å². The number of nitrogens with one attached hydrogen (secondary N) is 1. The van der Waals surface area contributed by atoms with Gasteiger partial charge in [0.25, 0.3) is 0 Å². The Morgan fingerprint density at radius 2 is 1.96 bits per heavy atom. The van der Waals surface area contributed by atoms with Crippen molar-refractivity contribution < 1.29 is 18.3 Å². The first-order valence-corrected chi connectivity index (χ1v) is 8.64. The highest BCUT2D eigenvalue weighted by atomic mass is 19.1. The van der Waals surface area contributed by atoms with Crippen LogP contribution < -0.4 is 10.1 Å². The number of hydrogen-bond donors (Lipinski definition) is 1. The molecule has 0 aliphatic heterocycles. The lowest BCUT2D eigenvalue weighted by atomic mass is 10.1. The van der Waals surface area contributed by atoms with Gasteiger partial charge in [0, 0.05) is 23.9 Å². The van der Waals surface area contributed by atoms with Crippen LogP contribution in [0.1, 0.15) is 24.1 Å². The van der Waals surface area contributed by atoms with Gasteiger partial charge in [-0.05, 0) is 55.0 Å².